The van der Waals surface area contributed by atoms with E-state index in [1.54, 1.807) is 12.1 Å². The Balaban J connectivity index is 1.71. The standard InChI is InChI=1S/C15H22FNO/c1-15(2,10-17-13-7-8-13)11-18-9-12-5-3-4-6-14(12)16/h3-6,13,17H,7-11H2,1-2H3. The van der Waals surface area contributed by atoms with E-state index in [9.17, 15) is 4.39 Å². The maximum Gasteiger partial charge on any atom is 0.128 e. The van der Waals surface area contributed by atoms with E-state index >= 15 is 0 Å². The fourth-order valence-corrected chi connectivity index (χ4v) is 1.81. The average molecular weight is 251 g/mol. The molecule has 2 rings (SSSR count). The van der Waals surface area contributed by atoms with Crippen LogP contribution in [0.4, 0.5) is 4.39 Å². The molecule has 1 fully saturated rings. The predicted molar refractivity (Wildman–Crippen MR) is 70.9 cm³/mol. The molecule has 18 heavy (non-hydrogen) atoms. The molecule has 0 unspecified atom stereocenters. The van der Waals surface area contributed by atoms with Gasteiger partial charge in [0.05, 0.1) is 13.2 Å². The summed E-state index contributed by atoms with van der Waals surface area (Å²) in [6, 6.07) is 7.49. The van der Waals surface area contributed by atoms with Crippen molar-refractivity contribution in [2.75, 3.05) is 13.2 Å². The van der Waals surface area contributed by atoms with Gasteiger partial charge in [-0.25, -0.2) is 4.39 Å². The first-order valence-electron chi connectivity index (χ1n) is 6.61. The van der Waals surface area contributed by atoms with Crippen LogP contribution in [0.15, 0.2) is 24.3 Å². The number of nitrogens with one attached hydrogen (secondary N) is 1. The molecule has 1 aromatic carbocycles. The second-order valence-corrected chi connectivity index (χ2v) is 5.90. The number of rotatable bonds is 7. The fraction of sp³-hybridized carbons (Fsp3) is 0.600. The summed E-state index contributed by atoms with van der Waals surface area (Å²) in [5, 5.41) is 3.50. The van der Waals surface area contributed by atoms with Crippen LogP contribution in [-0.4, -0.2) is 19.2 Å². The third-order valence-corrected chi connectivity index (χ3v) is 3.15. The second-order valence-electron chi connectivity index (χ2n) is 5.90. The van der Waals surface area contributed by atoms with E-state index in [1.165, 1.54) is 18.9 Å². The van der Waals surface area contributed by atoms with E-state index in [0.717, 1.165) is 12.6 Å². The van der Waals surface area contributed by atoms with E-state index in [4.69, 9.17) is 4.74 Å². The van der Waals surface area contributed by atoms with Gasteiger partial charge in [0.1, 0.15) is 5.82 Å². The number of hydrogen-bond acceptors (Lipinski definition) is 2. The maximum absolute atomic E-state index is 13.4. The molecule has 0 aliphatic heterocycles. The van der Waals surface area contributed by atoms with Crippen molar-refractivity contribution in [1.29, 1.82) is 0 Å². The van der Waals surface area contributed by atoms with Crippen molar-refractivity contribution in [1.82, 2.24) is 5.32 Å². The van der Waals surface area contributed by atoms with Crippen LogP contribution in [0.5, 0.6) is 0 Å². The van der Waals surface area contributed by atoms with Gasteiger partial charge in [0.25, 0.3) is 0 Å². The van der Waals surface area contributed by atoms with Gasteiger partial charge in [-0.1, -0.05) is 32.0 Å². The monoisotopic (exact) mass is 251 g/mol. The van der Waals surface area contributed by atoms with Crippen LogP contribution in [0.3, 0.4) is 0 Å². The molecule has 1 aliphatic carbocycles. The zero-order valence-electron chi connectivity index (χ0n) is 11.2. The van der Waals surface area contributed by atoms with Gasteiger partial charge in [-0.05, 0) is 18.9 Å². The molecule has 0 bridgehead atoms. The Morgan fingerprint density at radius 2 is 2.06 bits per heavy atom. The maximum atomic E-state index is 13.4. The van der Waals surface area contributed by atoms with Gasteiger partial charge in [0.15, 0.2) is 0 Å². The van der Waals surface area contributed by atoms with Gasteiger partial charge in [0.2, 0.25) is 0 Å². The molecular formula is C15H22FNO. The van der Waals surface area contributed by atoms with E-state index in [0.29, 0.717) is 18.8 Å². The summed E-state index contributed by atoms with van der Waals surface area (Å²) >= 11 is 0. The van der Waals surface area contributed by atoms with Crippen molar-refractivity contribution in [2.24, 2.45) is 5.41 Å². The largest absolute Gasteiger partial charge is 0.376 e. The van der Waals surface area contributed by atoms with Gasteiger partial charge in [0, 0.05) is 23.6 Å². The summed E-state index contributed by atoms with van der Waals surface area (Å²) in [4.78, 5) is 0. The quantitative estimate of drug-likeness (QED) is 0.804. The Morgan fingerprint density at radius 3 is 2.72 bits per heavy atom. The first-order valence-corrected chi connectivity index (χ1v) is 6.61. The van der Waals surface area contributed by atoms with Crippen LogP contribution in [0, 0.1) is 11.2 Å². The highest BCUT2D eigenvalue weighted by molar-refractivity contribution is 5.16. The van der Waals surface area contributed by atoms with Crippen molar-refractivity contribution in [3.63, 3.8) is 0 Å². The van der Waals surface area contributed by atoms with E-state index < -0.39 is 0 Å². The van der Waals surface area contributed by atoms with Gasteiger partial charge < -0.3 is 10.1 Å². The molecule has 0 radical (unpaired) electrons. The predicted octanol–water partition coefficient (Wildman–Crippen LogP) is 3.12. The van der Waals surface area contributed by atoms with Crippen molar-refractivity contribution >= 4 is 0 Å². The van der Waals surface area contributed by atoms with Crippen molar-refractivity contribution < 1.29 is 9.13 Å². The first kappa shape index (κ1) is 13.5. The van der Waals surface area contributed by atoms with Gasteiger partial charge in [-0.15, -0.1) is 0 Å². The molecule has 1 saturated carbocycles. The molecule has 1 aliphatic rings. The summed E-state index contributed by atoms with van der Waals surface area (Å²) in [6.45, 7) is 6.28. The van der Waals surface area contributed by atoms with Crippen molar-refractivity contribution in [2.45, 2.75) is 39.3 Å². The summed E-state index contributed by atoms with van der Waals surface area (Å²) in [7, 11) is 0. The topological polar surface area (TPSA) is 21.3 Å². The molecule has 1 aromatic rings. The van der Waals surface area contributed by atoms with Crippen molar-refractivity contribution in [3.05, 3.63) is 35.6 Å². The Kier molecular flexibility index (Phi) is 4.36. The Labute approximate surface area is 109 Å². The Hall–Kier alpha value is -0.930. The smallest absolute Gasteiger partial charge is 0.128 e. The summed E-state index contributed by atoms with van der Waals surface area (Å²) in [5.74, 6) is -0.189. The molecule has 3 heteroatoms. The van der Waals surface area contributed by atoms with Crippen molar-refractivity contribution in [3.8, 4) is 0 Å². The highest BCUT2D eigenvalue weighted by Gasteiger charge is 2.25. The van der Waals surface area contributed by atoms with E-state index in [1.807, 2.05) is 6.07 Å². The highest BCUT2D eigenvalue weighted by atomic mass is 19.1. The molecule has 2 nitrogen and oxygen atoms in total. The van der Waals surface area contributed by atoms with Gasteiger partial charge >= 0.3 is 0 Å². The third-order valence-electron chi connectivity index (χ3n) is 3.15. The number of ether oxygens (including phenoxy) is 1. The lowest BCUT2D eigenvalue weighted by molar-refractivity contribution is 0.0497. The zero-order valence-corrected chi connectivity index (χ0v) is 11.2. The fourth-order valence-electron chi connectivity index (χ4n) is 1.81. The lowest BCUT2D eigenvalue weighted by Crippen LogP contribution is -2.34. The minimum absolute atomic E-state index is 0.0911. The summed E-state index contributed by atoms with van der Waals surface area (Å²) in [5.41, 5.74) is 0.719. The molecule has 0 heterocycles. The molecular weight excluding hydrogens is 229 g/mol. The number of halogens is 1. The lowest BCUT2D eigenvalue weighted by atomic mass is 9.95. The third kappa shape index (κ3) is 4.39. The minimum Gasteiger partial charge on any atom is -0.376 e. The number of hydrogen-bond donors (Lipinski definition) is 1. The second kappa shape index (κ2) is 5.81. The Morgan fingerprint density at radius 1 is 1.33 bits per heavy atom. The highest BCUT2D eigenvalue weighted by Crippen LogP contribution is 2.22. The average Bonchev–Trinajstić information content (AvgIpc) is 3.13. The summed E-state index contributed by atoms with van der Waals surface area (Å²) < 4.78 is 19.0. The molecule has 0 atom stereocenters. The molecule has 0 aromatic heterocycles. The SMILES string of the molecule is CC(C)(CNC1CC1)COCc1ccccc1F. The van der Waals surface area contributed by atoms with Crippen LogP contribution >= 0.6 is 0 Å². The molecule has 0 saturated heterocycles. The normalized spacial score (nSPS) is 15.9. The summed E-state index contributed by atoms with van der Waals surface area (Å²) in [6.07, 6.45) is 2.60. The van der Waals surface area contributed by atoms with Crippen LogP contribution in [-0.2, 0) is 11.3 Å². The van der Waals surface area contributed by atoms with E-state index in [2.05, 4.69) is 19.2 Å². The van der Waals surface area contributed by atoms with Crippen LogP contribution in [0.25, 0.3) is 0 Å². The van der Waals surface area contributed by atoms with Crippen LogP contribution in [0.2, 0.25) is 0 Å². The lowest BCUT2D eigenvalue weighted by Gasteiger charge is -2.25. The molecule has 1 N–H and O–H groups in total. The first-order chi connectivity index (χ1) is 8.57. The minimum atomic E-state index is -0.189. The molecule has 0 amide bonds. The zero-order chi connectivity index (χ0) is 13.0. The van der Waals surface area contributed by atoms with Gasteiger partial charge in [-0.2, -0.15) is 0 Å². The molecule has 100 valence electrons. The number of benzene rings is 1. The molecule has 0 spiro atoms. The Bertz CT molecular complexity index is 388. The van der Waals surface area contributed by atoms with Gasteiger partial charge in [-0.3, -0.25) is 0 Å². The van der Waals surface area contributed by atoms with E-state index in [-0.39, 0.29) is 11.2 Å². The van der Waals surface area contributed by atoms with Crippen LogP contribution in [0.1, 0.15) is 32.3 Å². The van der Waals surface area contributed by atoms with Crippen LogP contribution < -0.4 is 5.32 Å².